The molecule has 0 fully saturated rings. The topological polar surface area (TPSA) is 25.2 Å². The number of hydrogen-bond donors (Lipinski definition) is 0. The van der Waals surface area contributed by atoms with E-state index in [4.69, 9.17) is 4.99 Å². The molecule has 3 heteroatoms. The molecule has 0 saturated heterocycles. The lowest BCUT2D eigenvalue weighted by Gasteiger charge is -2.10. The standard InChI is InChI=1S/C19H14N2S/c1-13-7-8-17-15(11-13)19(14-5-3-2-4-6-14)21-16-12-20-10-9-18(16)22-17/h2-12H,1H3. The van der Waals surface area contributed by atoms with Gasteiger partial charge in [0.1, 0.15) is 0 Å². The van der Waals surface area contributed by atoms with Gasteiger partial charge in [0.25, 0.3) is 0 Å². The first kappa shape index (κ1) is 13.3. The molecule has 22 heavy (non-hydrogen) atoms. The molecule has 4 rings (SSSR count). The fourth-order valence-corrected chi connectivity index (χ4v) is 3.55. The van der Waals surface area contributed by atoms with Crippen molar-refractivity contribution in [3.05, 3.63) is 83.7 Å². The largest absolute Gasteiger partial charge is 0.262 e. The van der Waals surface area contributed by atoms with Gasteiger partial charge in [-0.2, -0.15) is 0 Å². The van der Waals surface area contributed by atoms with Crippen LogP contribution in [0.15, 0.2) is 81.8 Å². The van der Waals surface area contributed by atoms with Crippen molar-refractivity contribution in [3.8, 4) is 0 Å². The molecule has 0 aliphatic carbocycles. The van der Waals surface area contributed by atoms with Crippen molar-refractivity contribution < 1.29 is 0 Å². The third kappa shape index (κ3) is 2.34. The van der Waals surface area contributed by atoms with Crippen LogP contribution in [0.5, 0.6) is 0 Å². The maximum Gasteiger partial charge on any atom is 0.0959 e. The second kappa shape index (κ2) is 5.43. The molecule has 0 unspecified atom stereocenters. The molecule has 0 bridgehead atoms. The zero-order chi connectivity index (χ0) is 14.9. The van der Waals surface area contributed by atoms with Crippen molar-refractivity contribution in [2.45, 2.75) is 16.7 Å². The summed E-state index contributed by atoms with van der Waals surface area (Å²) >= 11 is 1.76. The zero-order valence-electron chi connectivity index (χ0n) is 12.2. The minimum Gasteiger partial charge on any atom is -0.262 e. The molecule has 0 atom stereocenters. The second-order valence-corrected chi connectivity index (χ2v) is 6.36. The summed E-state index contributed by atoms with van der Waals surface area (Å²) in [5.74, 6) is 0. The van der Waals surface area contributed by atoms with E-state index in [-0.39, 0.29) is 0 Å². The second-order valence-electron chi connectivity index (χ2n) is 5.27. The number of benzene rings is 2. The van der Waals surface area contributed by atoms with Crippen LogP contribution in [0.1, 0.15) is 16.7 Å². The first-order valence-corrected chi connectivity index (χ1v) is 8.00. The molecule has 0 spiro atoms. The highest BCUT2D eigenvalue weighted by molar-refractivity contribution is 7.99. The Morgan fingerprint density at radius 3 is 2.64 bits per heavy atom. The van der Waals surface area contributed by atoms with Crippen LogP contribution in [0, 0.1) is 6.92 Å². The molecule has 0 N–H and O–H groups in total. The SMILES string of the molecule is Cc1ccc2c(c1)C(c1ccccc1)=Nc1cnccc1S2. The number of nitrogens with zero attached hydrogens (tertiary/aromatic N) is 2. The molecule has 1 aliphatic rings. The van der Waals surface area contributed by atoms with Crippen molar-refractivity contribution in [1.82, 2.24) is 4.98 Å². The van der Waals surface area contributed by atoms with Crippen molar-refractivity contribution >= 4 is 23.2 Å². The molecule has 0 radical (unpaired) electrons. The van der Waals surface area contributed by atoms with Crippen LogP contribution in [0.25, 0.3) is 0 Å². The van der Waals surface area contributed by atoms with Crippen LogP contribution < -0.4 is 0 Å². The van der Waals surface area contributed by atoms with Crippen molar-refractivity contribution in [3.63, 3.8) is 0 Å². The highest BCUT2D eigenvalue weighted by Gasteiger charge is 2.18. The Kier molecular flexibility index (Phi) is 3.28. The first-order valence-electron chi connectivity index (χ1n) is 7.18. The van der Waals surface area contributed by atoms with Gasteiger partial charge in [0.15, 0.2) is 0 Å². The maximum atomic E-state index is 4.93. The molecular formula is C19H14N2S. The van der Waals surface area contributed by atoms with Gasteiger partial charge in [-0.3, -0.25) is 4.98 Å². The van der Waals surface area contributed by atoms with Gasteiger partial charge in [0.2, 0.25) is 0 Å². The van der Waals surface area contributed by atoms with Crippen LogP contribution in [0.3, 0.4) is 0 Å². The fraction of sp³-hybridized carbons (Fsp3) is 0.0526. The minimum atomic E-state index is 0.931. The highest BCUT2D eigenvalue weighted by Crippen LogP contribution is 2.40. The number of aromatic nitrogens is 1. The predicted molar refractivity (Wildman–Crippen MR) is 91.3 cm³/mol. The van der Waals surface area contributed by atoms with E-state index in [2.05, 4.69) is 54.4 Å². The maximum absolute atomic E-state index is 4.93. The Hall–Kier alpha value is -2.39. The Balaban J connectivity index is 2.01. The molecule has 2 nitrogen and oxygen atoms in total. The third-order valence-corrected chi connectivity index (χ3v) is 4.79. The number of aryl methyl sites for hydroxylation is 1. The third-order valence-electron chi connectivity index (χ3n) is 3.65. The average Bonchev–Trinajstić information content (AvgIpc) is 2.72. The van der Waals surface area contributed by atoms with E-state index in [0.717, 1.165) is 21.9 Å². The van der Waals surface area contributed by atoms with Gasteiger partial charge in [0.05, 0.1) is 17.6 Å². The monoisotopic (exact) mass is 302 g/mol. The molecule has 3 aromatic rings. The van der Waals surface area contributed by atoms with Crippen LogP contribution in [0.2, 0.25) is 0 Å². The van der Waals surface area contributed by atoms with E-state index in [0.29, 0.717) is 0 Å². The van der Waals surface area contributed by atoms with Crippen LogP contribution >= 0.6 is 11.8 Å². The molecule has 0 amide bonds. The summed E-state index contributed by atoms with van der Waals surface area (Å²) in [6, 6.07) is 18.9. The van der Waals surface area contributed by atoms with E-state index in [9.17, 15) is 0 Å². The number of pyridine rings is 1. The van der Waals surface area contributed by atoms with Gasteiger partial charge in [-0.1, -0.05) is 53.7 Å². The lowest BCUT2D eigenvalue weighted by atomic mass is 10.0. The summed E-state index contributed by atoms with van der Waals surface area (Å²) < 4.78 is 0. The number of hydrogen-bond acceptors (Lipinski definition) is 3. The molecule has 106 valence electrons. The molecular weight excluding hydrogens is 288 g/mol. The number of fused-ring (bicyclic) bond motifs is 2. The Morgan fingerprint density at radius 2 is 1.77 bits per heavy atom. The molecule has 1 aromatic heterocycles. The lowest BCUT2D eigenvalue weighted by molar-refractivity contribution is 1.24. The Bertz CT molecular complexity index is 870. The van der Waals surface area contributed by atoms with Gasteiger partial charge in [0, 0.05) is 27.1 Å². The first-order chi connectivity index (χ1) is 10.8. The Morgan fingerprint density at radius 1 is 0.909 bits per heavy atom. The molecule has 1 aliphatic heterocycles. The highest BCUT2D eigenvalue weighted by atomic mass is 32.2. The van der Waals surface area contributed by atoms with Gasteiger partial charge in [-0.25, -0.2) is 4.99 Å². The fourth-order valence-electron chi connectivity index (χ4n) is 2.58. The smallest absolute Gasteiger partial charge is 0.0959 e. The van der Waals surface area contributed by atoms with Crippen LogP contribution in [0.4, 0.5) is 5.69 Å². The van der Waals surface area contributed by atoms with Gasteiger partial charge >= 0.3 is 0 Å². The summed E-state index contributed by atoms with van der Waals surface area (Å²) in [7, 11) is 0. The molecule has 2 heterocycles. The molecule has 0 saturated carbocycles. The average molecular weight is 302 g/mol. The summed E-state index contributed by atoms with van der Waals surface area (Å²) in [4.78, 5) is 11.5. The van der Waals surface area contributed by atoms with E-state index < -0.39 is 0 Å². The number of rotatable bonds is 1. The van der Waals surface area contributed by atoms with E-state index >= 15 is 0 Å². The van der Waals surface area contributed by atoms with E-state index in [1.165, 1.54) is 16.0 Å². The normalized spacial score (nSPS) is 12.9. The Labute approximate surface area is 134 Å². The molecule has 2 aromatic carbocycles. The minimum absolute atomic E-state index is 0.931. The van der Waals surface area contributed by atoms with Gasteiger partial charge in [-0.15, -0.1) is 0 Å². The van der Waals surface area contributed by atoms with Crippen LogP contribution in [-0.2, 0) is 0 Å². The predicted octanol–water partition coefficient (Wildman–Crippen LogP) is 5.02. The van der Waals surface area contributed by atoms with E-state index in [1.54, 1.807) is 11.8 Å². The van der Waals surface area contributed by atoms with Crippen molar-refractivity contribution in [2.75, 3.05) is 0 Å². The summed E-state index contributed by atoms with van der Waals surface area (Å²) in [6.45, 7) is 2.12. The van der Waals surface area contributed by atoms with Crippen molar-refractivity contribution in [2.24, 2.45) is 4.99 Å². The van der Waals surface area contributed by atoms with Crippen molar-refractivity contribution in [1.29, 1.82) is 0 Å². The quantitative estimate of drug-likeness (QED) is 0.493. The van der Waals surface area contributed by atoms with Gasteiger partial charge < -0.3 is 0 Å². The van der Waals surface area contributed by atoms with Gasteiger partial charge in [-0.05, 0) is 25.1 Å². The summed E-state index contributed by atoms with van der Waals surface area (Å²) in [6.07, 6.45) is 3.66. The summed E-state index contributed by atoms with van der Waals surface area (Å²) in [5, 5.41) is 0. The summed E-state index contributed by atoms with van der Waals surface area (Å²) in [5.41, 5.74) is 5.50. The number of aliphatic imine (C=N–C) groups is 1. The van der Waals surface area contributed by atoms with Crippen LogP contribution in [-0.4, -0.2) is 10.7 Å². The zero-order valence-corrected chi connectivity index (χ0v) is 13.0. The lowest BCUT2D eigenvalue weighted by Crippen LogP contribution is -2.04. The van der Waals surface area contributed by atoms with E-state index in [1.807, 2.05) is 24.5 Å².